The Morgan fingerprint density at radius 3 is 2.64 bits per heavy atom. The number of thioether (sulfide) groups is 1. The largest absolute Gasteiger partial charge is 0.352 e. The monoisotopic (exact) mass is 321 g/mol. The van der Waals surface area contributed by atoms with Gasteiger partial charge in [0.25, 0.3) is 5.24 Å². The molecule has 22 heavy (non-hydrogen) atoms. The van der Waals surface area contributed by atoms with E-state index in [1.807, 2.05) is 0 Å². The van der Waals surface area contributed by atoms with Crippen molar-refractivity contribution in [2.45, 2.75) is 18.9 Å². The van der Waals surface area contributed by atoms with Crippen molar-refractivity contribution < 1.29 is 9.59 Å². The van der Waals surface area contributed by atoms with Crippen molar-refractivity contribution in [2.75, 3.05) is 36.8 Å². The van der Waals surface area contributed by atoms with Crippen LogP contribution >= 0.6 is 11.8 Å². The highest BCUT2D eigenvalue weighted by Gasteiger charge is 2.26. The number of carbonyl (C=O) groups excluding carboxylic acids is 2. The molecule has 2 amide bonds. The van der Waals surface area contributed by atoms with Crippen LogP contribution in [0.15, 0.2) is 18.5 Å². The highest BCUT2D eigenvalue weighted by Crippen LogP contribution is 2.17. The first-order valence-electron chi connectivity index (χ1n) is 7.45. The van der Waals surface area contributed by atoms with Gasteiger partial charge in [-0.2, -0.15) is 0 Å². The lowest BCUT2D eigenvalue weighted by Gasteiger charge is -2.32. The Balaban J connectivity index is 1.44. The van der Waals surface area contributed by atoms with Gasteiger partial charge in [0.05, 0.1) is 0 Å². The highest BCUT2D eigenvalue weighted by molar-refractivity contribution is 8.13. The van der Waals surface area contributed by atoms with Gasteiger partial charge in [-0.15, -0.1) is 0 Å². The number of anilines is 1. The molecule has 7 nitrogen and oxygen atoms in total. The van der Waals surface area contributed by atoms with Crippen LogP contribution in [0.25, 0.3) is 0 Å². The molecule has 8 heteroatoms. The summed E-state index contributed by atoms with van der Waals surface area (Å²) in [5, 5.41) is 3.03. The van der Waals surface area contributed by atoms with Crippen molar-refractivity contribution in [3.63, 3.8) is 0 Å². The smallest absolute Gasteiger partial charge is 0.282 e. The molecule has 0 aliphatic carbocycles. The van der Waals surface area contributed by atoms with Gasteiger partial charge < -0.3 is 15.1 Å². The Kier molecular flexibility index (Phi) is 4.77. The first kappa shape index (κ1) is 15.1. The summed E-state index contributed by atoms with van der Waals surface area (Å²) in [6.45, 7) is 2.50. The topological polar surface area (TPSA) is 78.4 Å². The minimum atomic E-state index is -0.0646. The molecule has 0 spiro atoms. The molecule has 0 saturated carbocycles. The lowest BCUT2D eigenvalue weighted by atomic mass is 10.1. The van der Waals surface area contributed by atoms with Crippen LogP contribution in [0.1, 0.15) is 12.8 Å². The molecule has 2 saturated heterocycles. The number of nitrogens with one attached hydrogen (secondary N) is 1. The Morgan fingerprint density at radius 2 is 2.00 bits per heavy atom. The van der Waals surface area contributed by atoms with Crippen LogP contribution in [0, 0.1) is 0 Å². The lowest BCUT2D eigenvalue weighted by molar-refractivity contribution is -0.122. The molecule has 1 aromatic heterocycles. The Labute approximate surface area is 133 Å². The van der Waals surface area contributed by atoms with Crippen LogP contribution in [0.3, 0.4) is 0 Å². The second-order valence-corrected chi connectivity index (χ2v) is 6.46. The zero-order valence-corrected chi connectivity index (χ0v) is 13.1. The summed E-state index contributed by atoms with van der Waals surface area (Å²) in [6, 6.07) is 1.96. The number of piperidine rings is 1. The summed E-state index contributed by atoms with van der Waals surface area (Å²) in [4.78, 5) is 35.7. The molecule has 1 aromatic rings. The zero-order valence-electron chi connectivity index (χ0n) is 12.3. The summed E-state index contributed by atoms with van der Waals surface area (Å²) in [5.41, 5.74) is 0. The molecule has 1 N–H and O–H groups in total. The highest BCUT2D eigenvalue weighted by atomic mass is 32.2. The number of aromatic nitrogens is 2. The normalized spacial score (nSPS) is 19.5. The average molecular weight is 321 g/mol. The SMILES string of the molecule is O=C(CN1CCSC1=O)NC1CCN(c2ncccn2)CC1. The Bertz CT molecular complexity index is 533. The lowest BCUT2D eigenvalue weighted by Crippen LogP contribution is -2.47. The fraction of sp³-hybridized carbons (Fsp3) is 0.571. The number of amides is 2. The second kappa shape index (κ2) is 6.95. The van der Waals surface area contributed by atoms with E-state index in [1.54, 1.807) is 23.4 Å². The molecular weight excluding hydrogens is 302 g/mol. The molecule has 2 fully saturated rings. The van der Waals surface area contributed by atoms with Gasteiger partial charge in [0, 0.05) is 43.8 Å². The van der Waals surface area contributed by atoms with E-state index in [0.717, 1.165) is 37.6 Å². The third kappa shape index (κ3) is 3.68. The molecule has 2 aliphatic heterocycles. The van der Waals surface area contributed by atoms with Crippen molar-refractivity contribution in [3.8, 4) is 0 Å². The van der Waals surface area contributed by atoms with E-state index in [2.05, 4.69) is 20.2 Å². The summed E-state index contributed by atoms with van der Waals surface area (Å²) < 4.78 is 0. The molecule has 0 unspecified atom stereocenters. The molecule has 2 aliphatic rings. The first-order valence-corrected chi connectivity index (χ1v) is 8.44. The van der Waals surface area contributed by atoms with Crippen molar-refractivity contribution in [1.29, 1.82) is 0 Å². The predicted octanol–water partition coefficient (Wildman–Crippen LogP) is 0.730. The fourth-order valence-electron chi connectivity index (χ4n) is 2.69. The van der Waals surface area contributed by atoms with E-state index < -0.39 is 0 Å². The maximum absolute atomic E-state index is 12.0. The third-order valence-corrected chi connectivity index (χ3v) is 4.77. The fourth-order valence-corrected chi connectivity index (χ4v) is 3.52. The summed E-state index contributed by atoms with van der Waals surface area (Å²) >= 11 is 1.28. The van der Waals surface area contributed by atoms with Gasteiger partial charge in [-0.25, -0.2) is 9.97 Å². The summed E-state index contributed by atoms with van der Waals surface area (Å²) in [5.74, 6) is 1.46. The number of hydrogen-bond acceptors (Lipinski definition) is 6. The number of carbonyl (C=O) groups is 2. The minimum Gasteiger partial charge on any atom is -0.352 e. The van der Waals surface area contributed by atoms with Gasteiger partial charge in [-0.3, -0.25) is 9.59 Å². The maximum Gasteiger partial charge on any atom is 0.282 e. The van der Waals surface area contributed by atoms with Gasteiger partial charge in [0.15, 0.2) is 0 Å². The van der Waals surface area contributed by atoms with Crippen molar-refractivity contribution in [3.05, 3.63) is 18.5 Å². The van der Waals surface area contributed by atoms with E-state index in [9.17, 15) is 9.59 Å². The minimum absolute atomic E-state index is 0.00574. The average Bonchev–Trinajstić information content (AvgIpc) is 2.94. The zero-order chi connectivity index (χ0) is 15.4. The third-order valence-electron chi connectivity index (χ3n) is 3.87. The van der Waals surface area contributed by atoms with Gasteiger partial charge >= 0.3 is 0 Å². The van der Waals surface area contributed by atoms with Gasteiger partial charge in [-0.1, -0.05) is 11.8 Å². The van der Waals surface area contributed by atoms with E-state index in [1.165, 1.54) is 11.8 Å². The Hall–Kier alpha value is -1.83. The van der Waals surface area contributed by atoms with E-state index in [-0.39, 0.29) is 23.7 Å². The van der Waals surface area contributed by atoms with Crippen LogP contribution < -0.4 is 10.2 Å². The summed E-state index contributed by atoms with van der Waals surface area (Å²) in [6.07, 6.45) is 5.21. The van der Waals surface area contributed by atoms with Crippen molar-refractivity contribution >= 4 is 28.9 Å². The molecule has 118 valence electrons. The van der Waals surface area contributed by atoms with Gasteiger partial charge in [0.1, 0.15) is 6.54 Å². The molecule has 3 rings (SSSR count). The van der Waals surface area contributed by atoms with Crippen LogP contribution in [-0.4, -0.2) is 64.0 Å². The van der Waals surface area contributed by atoms with E-state index in [4.69, 9.17) is 0 Å². The van der Waals surface area contributed by atoms with Crippen LogP contribution in [0.5, 0.6) is 0 Å². The standard InChI is InChI=1S/C14H19N5O2S/c20-12(10-19-8-9-22-14(19)21)17-11-2-6-18(7-3-11)13-15-4-1-5-16-13/h1,4-5,11H,2-3,6-10H2,(H,17,20). The van der Waals surface area contributed by atoms with Crippen LogP contribution in [0.4, 0.5) is 10.7 Å². The van der Waals surface area contributed by atoms with Crippen molar-refractivity contribution in [2.24, 2.45) is 0 Å². The molecule has 0 bridgehead atoms. The molecule has 0 radical (unpaired) electrons. The Morgan fingerprint density at radius 1 is 1.27 bits per heavy atom. The van der Waals surface area contributed by atoms with Gasteiger partial charge in [0.2, 0.25) is 11.9 Å². The number of rotatable bonds is 4. The van der Waals surface area contributed by atoms with Crippen LogP contribution in [-0.2, 0) is 4.79 Å². The van der Waals surface area contributed by atoms with Gasteiger partial charge in [-0.05, 0) is 18.9 Å². The number of hydrogen-bond donors (Lipinski definition) is 1. The summed E-state index contributed by atoms with van der Waals surface area (Å²) in [7, 11) is 0. The quantitative estimate of drug-likeness (QED) is 0.881. The molecule has 0 atom stereocenters. The molecule has 0 aromatic carbocycles. The van der Waals surface area contributed by atoms with Crippen LogP contribution in [0.2, 0.25) is 0 Å². The van der Waals surface area contributed by atoms with E-state index >= 15 is 0 Å². The predicted molar refractivity (Wildman–Crippen MR) is 84.8 cm³/mol. The number of nitrogens with zero attached hydrogens (tertiary/aromatic N) is 4. The molecule has 3 heterocycles. The molecular formula is C14H19N5O2S. The maximum atomic E-state index is 12.0. The second-order valence-electron chi connectivity index (χ2n) is 5.41. The van der Waals surface area contributed by atoms with E-state index in [0.29, 0.717) is 6.54 Å². The van der Waals surface area contributed by atoms with Crippen molar-refractivity contribution in [1.82, 2.24) is 20.2 Å². The first-order chi connectivity index (χ1) is 10.7.